The number of piperidine rings is 1. The van der Waals surface area contributed by atoms with Gasteiger partial charge in [0.1, 0.15) is 0 Å². The average Bonchev–Trinajstić information content (AvgIpc) is 3.63. The number of hydrogen-bond acceptors (Lipinski definition) is 5. The van der Waals surface area contributed by atoms with Gasteiger partial charge in [-0.3, -0.25) is 9.55 Å². The van der Waals surface area contributed by atoms with E-state index in [-0.39, 0.29) is 5.69 Å². The maximum atomic E-state index is 12.5. The first-order valence-electron chi connectivity index (χ1n) is 12.1. The van der Waals surface area contributed by atoms with E-state index < -0.39 is 0 Å². The highest BCUT2D eigenvalue weighted by Crippen LogP contribution is 2.37. The van der Waals surface area contributed by atoms with Crippen LogP contribution in [-0.2, 0) is 0 Å². The molecule has 1 saturated heterocycles. The van der Waals surface area contributed by atoms with Crippen molar-refractivity contribution in [1.29, 1.82) is 0 Å². The summed E-state index contributed by atoms with van der Waals surface area (Å²) < 4.78 is 7.72. The summed E-state index contributed by atoms with van der Waals surface area (Å²) in [6.45, 7) is 4.23. The molecule has 33 heavy (non-hydrogen) atoms. The molecule has 1 saturated carbocycles. The van der Waals surface area contributed by atoms with Gasteiger partial charge in [0.05, 0.1) is 29.4 Å². The number of fused-ring (bicyclic) bond motifs is 3. The van der Waals surface area contributed by atoms with Gasteiger partial charge >= 0.3 is 5.69 Å². The third kappa shape index (κ3) is 4.13. The van der Waals surface area contributed by atoms with Gasteiger partial charge in [-0.05, 0) is 69.0 Å². The first kappa shape index (κ1) is 20.4. The standard InChI is InChI=1S/C26H29N5O2/c32-26-29-25-21-15-18(5-9-22(21)27-17-23(25)31(26)20-7-8-20)19-6-10-24(28-16-19)33-14-4-13-30-11-2-1-3-12-30/h5-6,9-10,15-17,20H,1-4,7-8,11-14H2,(H,29,32). The Morgan fingerprint density at radius 3 is 2.64 bits per heavy atom. The molecule has 0 spiro atoms. The second-order valence-corrected chi connectivity index (χ2v) is 9.27. The van der Waals surface area contributed by atoms with Gasteiger partial charge < -0.3 is 14.6 Å². The third-order valence-corrected chi connectivity index (χ3v) is 6.86. The quantitative estimate of drug-likeness (QED) is 0.425. The molecule has 6 rings (SSSR count). The van der Waals surface area contributed by atoms with E-state index in [1.807, 2.05) is 41.2 Å². The number of pyridine rings is 2. The molecule has 0 unspecified atom stereocenters. The van der Waals surface area contributed by atoms with Gasteiger partial charge in [-0.15, -0.1) is 0 Å². The van der Waals surface area contributed by atoms with Crippen molar-refractivity contribution in [3.8, 4) is 17.0 Å². The van der Waals surface area contributed by atoms with Gasteiger partial charge in [0.15, 0.2) is 0 Å². The van der Waals surface area contributed by atoms with E-state index in [1.54, 1.807) is 0 Å². The zero-order chi connectivity index (χ0) is 22.2. The fourth-order valence-corrected chi connectivity index (χ4v) is 4.93. The molecule has 1 aromatic carbocycles. The molecule has 7 heteroatoms. The zero-order valence-corrected chi connectivity index (χ0v) is 18.8. The number of likely N-dealkylation sites (tertiary alicyclic amines) is 1. The lowest BCUT2D eigenvalue weighted by atomic mass is 10.0. The summed E-state index contributed by atoms with van der Waals surface area (Å²) in [6.07, 6.45) is 10.8. The van der Waals surface area contributed by atoms with Gasteiger partial charge in [-0.2, -0.15) is 0 Å². The normalized spacial score (nSPS) is 17.1. The molecule has 170 valence electrons. The van der Waals surface area contributed by atoms with Crippen LogP contribution in [0.25, 0.3) is 33.1 Å². The predicted octanol–water partition coefficient (Wildman–Crippen LogP) is 4.53. The van der Waals surface area contributed by atoms with Crippen LogP contribution < -0.4 is 10.4 Å². The van der Waals surface area contributed by atoms with Crippen LogP contribution in [0, 0.1) is 0 Å². The molecular formula is C26H29N5O2. The topological polar surface area (TPSA) is 76.0 Å². The molecular weight excluding hydrogens is 414 g/mol. The molecule has 0 radical (unpaired) electrons. The smallest absolute Gasteiger partial charge is 0.326 e. The fourth-order valence-electron chi connectivity index (χ4n) is 4.93. The van der Waals surface area contributed by atoms with E-state index in [1.165, 1.54) is 32.4 Å². The van der Waals surface area contributed by atoms with Crippen molar-refractivity contribution in [3.63, 3.8) is 0 Å². The lowest BCUT2D eigenvalue weighted by Crippen LogP contribution is -2.31. The number of nitrogens with one attached hydrogen (secondary N) is 1. The first-order valence-corrected chi connectivity index (χ1v) is 12.1. The van der Waals surface area contributed by atoms with Crippen molar-refractivity contribution in [3.05, 3.63) is 53.2 Å². The van der Waals surface area contributed by atoms with E-state index in [0.717, 1.165) is 58.9 Å². The van der Waals surface area contributed by atoms with Gasteiger partial charge in [-0.25, -0.2) is 9.78 Å². The highest BCUT2D eigenvalue weighted by atomic mass is 16.5. The van der Waals surface area contributed by atoms with Gasteiger partial charge in [0, 0.05) is 35.8 Å². The van der Waals surface area contributed by atoms with Crippen molar-refractivity contribution in [2.45, 2.75) is 44.6 Å². The summed E-state index contributed by atoms with van der Waals surface area (Å²) >= 11 is 0. The molecule has 1 aliphatic carbocycles. The Morgan fingerprint density at radius 1 is 1.00 bits per heavy atom. The number of aromatic amines is 1. The highest BCUT2D eigenvalue weighted by Gasteiger charge is 2.27. The number of aromatic nitrogens is 4. The minimum absolute atomic E-state index is 0.0457. The number of ether oxygens (including phenoxy) is 1. The largest absolute Gasteiger partial charge is 0.478 e. The minimum Gasteiger partial charge on any atom is -0.478 e. The van der Waals surface area contributed by atoms with Crippen LogP contribution in [0.1, 0.15) is 44.6 Å². The van der Waals surface area contributed by atoms with Crippen molar-refractivity contribution < 1.29 is 4.74 Å². The monoisotopic (exact) mass is 443 g/mol. The lowest BCUT2D eigenvalue weighted by Gasteiger charge is -2.26. The van der Waals surface area contributed by atoms with Crippen LogP contribution in [0.4, 0.5) is 0 Å². The Morgan fingerprint density at radius 2 is 1.85 bits per heavy atom. The zero-order valence-electron chi connectivity index (χ0n) is 18.8. The maximum absolute atomic E-state index is 12.5. The summed E-state index contributed by atoms with van der Waals surface area (Å²) in [4.78, 5) is 27.2. The van der Waals surface area contributed by atoms with Crippen molar-refractivity contribution in [2.24, 2.45) is 0 Å². The molecule has 3 aromatic heterocycles. The Bertz CT molecular complexity index is 1330. The van der Waals surface area contributed by atoms with Crippen LogP contribution in [0.3, 0.4) is 0 Å². The number of hydrogen-bond donors (Lipinski definition) is 1. The van der Waals surface area contributed by atoms with Crippen LogP contribution in [0.5, 0.6) is 5.88 Å². The fraction of sp³-hybridized carbons (Fsp3) is 0.423. The third-order valence-electron chi connectivity index (χ3n) is 6.86. The molecule has 2 fully saturated rings. The van der Waals surface area contributed by atoms with Crippen LogP contribution in [0.15, 0.2) is 47.5 Å². The van der Waals surface area contributed by atoms with Gasteiger partial charge in [-0.1, -0.05) is 12.5 Å². The summed E-state index contributed by atoms with van der Waals surface area (Å²) in [7, 11) is 0. The highest BCUT2D eigenvalue weighted by molar-refractivity contribution is 6.03. The van der Waals surface area contributed by atoms with Crippen molar-refractivity contribution in [2.75, 3.05) is 26.2 Å². The van der Waals surface area contributed by atoms with E-state index in [0.29, 0.717) is 18.5 Å². The Balaban J connectivity index is 1.18. The number of nitrogens with zero attached hydrogens (tertiary/aromatic N) is 4. The molecule has 2 aliphatic rings. The van der Waals surface area contributed by atoms with E-state index in [2.05, 4.69) is 25.9 Å². The van der Waals surface area contributed by atoms with Crippen molar-refractivity contribution >= 4 is 21.9 Å². The van der Waals surface area contributed by atoms with Gasteiger partial charge in [0.25, 0.3) is 0 Å². The Kier molecular flexibility index (Phi) is 5.34. The second-order valence-electron chi connectivity index (χ2n) is 9.27. The van der Waals surface area contributed by atoms with Crippen LogP contribution in [-0.4, -0.2) is 50.7 Å². The predicted molar refractivity (Wildman–Crippen MR) is 130 cm³/mol. The molecule has 7 nitrogen and oxygen atoms in total. The molecule has 0 bridgehead atoms. The lowest BCUT2D eigenvalue weighted by molar-refractivity contribution is 0.203. The number of imidazole rings is 1. The first-order chi connectivity index (χ1) is 16.3. The van der Waals surface area contributed by atoms with E-state index in [9.17, 15) is 4.79 Å². The Hall–Kier alpha value is -3.19. The summed E-state index contributed by atoms with van der Waals surface area (Å²) in [5, 5.41) is 0.958. The minimum atomic E-state index is -0.0457. The Labute approximate surface area is 192 Å². The summed E-state index contributed by atoms with van der Waals surface area (Å²) in [6, 6.07) is 10.4. The SMILES string of the molecule is O=c1[nH]c2c3cc(-c4ccc(OCCCN5CCCCC5)nc4)ccc3ncc2n1C1CC1. The van der Waals surface area contributed by atoms with E-state index >= 15 is 0 Å². The molecule has 1 aliphatic heterocycles. The van der Waals surface area contributed by atoms with Crippen LogP contribution in [0.2, 0.25) is 0 Å². The maximum Gasteiger partial charge on any atom is 0.326 e. The van der Waals surface area contributed by atoms with Crippen LogP contribution >= 0.6 is 0 Å². The van der Waals surface area contributed by atoms with Gasteiger partial charge in [0.2, 0.25) is 5.88 Å². The number of rotatable bonds is 7. The number of benzene rings is 1. The summed E-state index contributed by atoms with van der Waals surface area (Å²) in [5.74, 6) is 0.660. The molecule has 1 N–H and O–H groups in total. The second kappa shape index (κ2) is 8.63. The molecule has 4 aromatic rings. The van der Waals surface area contributed by atoms with Crippen molar-refractivity contribution in [1.82, 2.24) is 24.4 Å². The summed E-state index contributed by atoms with van der Waals surface area (Å²) in [5.41, 5.74) is 4.63. The molecule has 0 atom stereocenters. The molecule has 0 amide bonds. The molecule has 4 heterocycles. The van der Waals surface area contributed by atoms with E-state index in [4.69, 9.17) is 4.74 Å². The average molecular weight is 444 g/mol. The number of H-pyrrole nitrogens is 1.